The Kier molecular flexibility index (Phi) is 10.1. The monoisotopic (exact) mass is 529 g/mol. The first-order valence-electron chi connectivity index (χ1n) is 13.1. The van der Waals surface area contributed by atoms with Gasteiger partial charge in [-0.15, -0.1) is 0 Å². The zero-order chi connectivity index (χ0) is 27.3. The summed E-state index contributed by atoms with van der Waals surface area (Å²) in [7, 11) is 1.64. The highest BCUT2D eigenvalue weighted by Gasteiger charge is 2.43. The highest BCUT2D eigenvalue weighted by atomic mass is 16.5. The fraction of sp³-hybridized carbons (Fsp3) is 0.290. The zero-order valence-corrected chi connectivity index (χ0v) is 22.1. The van der Waals surface area contributed by atoms with E-state index in [0.717, 1.165) is 28.9 Å². The molecule has 8 nitrogen and oxygen atoms in total. The van der Waals surface area contributed by atoms with Crippen molar-refractivity contribution in [3.05, 3.63) is 102 Å². The number of aliphatic imine (C=N–C) groups is 1. The summed E-state index contributed by atoms with van der Waals surface area (Å²) >= 11 is 0. The molecule has 0 bridgehead atoms. The van der Waals surface area contributed by atoms with Crippen LogP contribution in [0.15, 0.2) is 89.9 Å². The molecule has 0 saturated carbocycles. The van der Waals surface area contributed by atoms with E-state index in [9.17, 15) is 4.79 Å². The molecule has 0 spiro atoms. The fourth-order valence-electron chi connectivity index (χ4n) is 4.10. The van der Waals surface area contributed by atoms with Gasteiger partial charge in [-0.1, -0.05) is 54.6 Å². The van der Waals surface area contributed by atoms with Crippen molar-refractivity contribution in [2.24, 2.45) is 4.99 Å². The number of amides is 1. The quantitative estimate of drug-likeness (QED) is 0.216. The highest BCUT2D eigenvalue weighted by Crippen LogP contribution is 2.27. The minimum absolute atomic E-state index is 0.0848. The van der Waals surface area contributed by atoms with Gasteiger partial charge in [0, 0.05) is 31.6 Å². The van der Waals surface area contributed by atoms with Crippen molar-refractivity contribution in [2.75, 3.05) is 33.5 Å². The van der Waals surface area contributed by atoms with E-state index in [1.54, 1.807) is 7.11 Å². The molecule has 3 N–H and O–H groups in total. The van der Waals surface area contributed by atoms with Gasteiger partial charge in [0.1, 0.15) is 18.1 Å². The normalized spacial score (nSPS) is 16.5. The second kappa shape index (κ2) is 14.1. The molecule has 1 atom stereocenters. The molecule has 3 aromatic carbocycles. The average Bonchev–Trinajstić information content (AvgIpc) is 3.42. The molecule has 1 aliphatic heterocycles. The lowest BCUT2D eigenvalue weighted by Crippen LogP contribution is -2.51. The summed E-state index contributed by atoms with van der Waals surface area (Å²) in [6.45, 7) is 1.19. The SMILES string of the molecule is COc1cccc(CCNNC(=O)[C@]2(C/C=C/c3ccccc3)COC(c3ccc(OCCCO)cc3)=N2)c1. The van der Waals surface area contributed by atoms with Gasteiger partial charge in [-0.3, -0.25) is 10.2 Å². The third-order valence-electron chi connectivity index (χ3n) is 6.30. The van der Waals surface area contributed by atoms with Gasteiger partial charge in [-0.05, 0) is 53.9 Å². The van der Waals surface area contributed by atoms with Crippen LogP contribution in [0.2, 0.25) is 0 Å². The standard InChI is InChI=1S/C31H35N3O5/c1-37-28-12-5-10-25(22-28)17-19-32-34-30(36)31(18-6-11-24-8-3-2-4-9-24)23-39-29(33-31)26-13-15-27(16-14-26)38-21-7-20-35/h2-6,8-16,22,32,35H,7,17-21,23H2,1H3,(H,34,36)/b11-6+/t31-/m0/s1. The van der Waals surface area contributed by atoms with Gasteiger partial charge in [-0.2, -0.15) is 0 Å². The number of carbonyl (C=O) groups excluding carboxylic acids is 1. The second-order valence-electron chi connectivity index (χ2n) is 9.19. The van der Waals surface area contributed by atoms with Gasteiger partial charge in [-0.25, -0.2) is 10.4 Å². The van der Waals surface area contributed by atoms with Gasteiger partial charge in [0.05, 0.1) is 13.7 Å². The maximum Gasteiger partial charge on any atom is 0.266 e. The first kappa shape index (κ1) is 27.9. The molecular formula is C31H35N3O5. The molecule has 4 rings (SSSR count). The van der Waals surface area contributed by atoms with E-state index in [1.807, 2.05) is 91.0 Å². The van der Waals surface area contributed by atoms with Crippen molar-refractivity contribution in [1.82, 2.24) is 10.9 Å². The van der Waals surface area contributed by atoms with Crippen LogP contribution in [0.3, 0.4) is 0 Å². The number of methoxy groups -OCH3 is 1. The highest BCUT2D eigenvalue weighted by molar-refractivity contribution is 6.00. The Morgan fingerprint density at radius 3 is 2.67 bits per heavy atom. The van der Waals surface area contributed by atoms with Crippen LogP contribution in [0.1, 0.15) is 29.5 Å². The van der Waals surface area contributed by atoms with Crippen molar-refractivity contribution in [3.63, 3.8) is 0 Å². The van der Waals surface area contributed by atoms with Gasteiger partial charge in [0.25, 0.3) is 5.91 Å². The van der Waals surface area contributed by atoms with E-state index in [2.05, 4.69) is 10.9 Å². The van der Waals surface area contributed by atoms with E-state index in [4.69, 9.17) is 24.3 Å². The van der Waals surface area contributed by atoms with Gasteiger partial charge < -0.3 is 19.3 Å². The first-order chi connectivity index (χ1) is 19.1. The third kappa shape index (κ3) is 7.92. The number of carbonyl (C=O) groups is 1. The number of hydrogen-bond acceptors (Lipinski definition) is 7. The van der Waals surface area contributed by atoms with Crippen LogP contribution < -0.4 is 20.3 Å². The Hall–Kier alpha value is -4.14. The molecule has 0 aliphatic carbocycles. The molecule has 1 heterocycles. The zero-order valence-electron chi connectivity index (χ0n) is 22.1. The summed E-state index contributed by atoms with van der Waals surface area (Å²) in [4.78, 5) is 18.2. The Labute approximate surface area is 229 Å². The molecule has 3 aromatic rings. The summed E-state index contributed by atoms with van der Waals surface area (Å²) < 4.78 is 16.9. The lowest BCUT2D eigenvalue weighted by atomic mass is 9.95. The first-order valence-corrected chi connectivity index (χ1v) is 13.1. The third-order valence-corrected chi connectivity index (χ3v) is 6.30. The van der Waals surface area contributed by atoms with Crippen LogP contribution in [0.25, 0.3) is 6.08 Å². The number of nitrogens with one attached hydrogen (secondary N) is 2. The largest absolute Gasteiger partial charge is 0.497 e. The minimum Gasteiger partial charge on any atom is -0.497 e. The predicted molar refractivity (Wildman–Crippen MR) is 152 cm³/mol. The summed E-state index contributed by atoms with van der Waals surface area (Å²) in [6, 6.07) is 25.1. The lowest BCUT2D eigenvalue weighted by molar-refractivity contribution is -0.127. The molecule has 1 aliphatic rings. The molecule has 0 unspecified atom stereocenters. The van der Waals surface area contributed by atoms with Crippen LogP contribution in [0, 0.1) is 0 Å². The van der Waals surface area contributed by atoms with E-state index >= 15 is 0 Å². The average molecular weight is 530 g/mol. The van der Waals surface area contributed by atoms with Crippen LogP contribution in [-0.2, 0) is 16.0 Å². The van der Waals surface area contributed by atoms with Crippen molar-refractivity contribution in [1.29, 1.82) is 0 Å². The van der Waals surface area contributed by atoms with E-state index < -0.39 is 5.54 Å². The van der Waals surface area contributed by atoms with Crippen molar-refractivity contribution < 1.29 is 24.1 Å². The van der Waals surface area contributed by atoms with Gasteiger partial charge >= 0.3 is 0 Å². The summed E-state index contributed by atoms with van der Waals surface area (Å²) in [5, 5.41) is 8.93. The smallest absolute Gasteiger partial charge is 0.266 e. The number of hydrogen-bond donors (Lipinski definition) is 3. The summed E-state index contributed by atoms with van der Waals surface area (Å²) in [5.74, 6) is 1.65. The molecule has 8 heteroatoms. The molecule has 204 valence electrons. The second-order valence-corrected chi connectivity index (χ2v) is 9.19. The Morgan fingerprint density at radius 2 is 1.90 bits per heavy atom. The Balaban J connectivity index is 1.43. The number of benzene rings is 3. The number of nitrogens with zero attached hydrogens (tertiary/aromatic N) is 1. The van der Waals surface area contributed by atoms with Crippen molar-refractivity contribution in [3.8, 4) is 11.5 Å². The van der Waals surface area contributed by atoms with E-state index in [-0.39, 0.29) is 19.1 Å². The van der Waals surface area contributed by atoms with E-state index in [1.165, 1.54) is 0 Å². The predicted octanol–water partition coefficient (Wildman–Crippen LogP) is 3.94. The number of aliphatic hydroxyl groups is 1. The number of ether oxygens (including phenoxy) is 3. The lowest BCUT2D eigenvalue weighted by Gasteiger charge is -2.22. The maximum absolute atomic E-state index is 13.4. The molecule has 0 saturated heterocycles. The van der Waals surface area contributed by atoms with Gasteiger partial charge in [0.2, 0.25) is 5.90 Å². The molecule has 1 amide bonds. The molecule has 0 radical (unpaired) electrons. The molecule has 0 aromatic heterocycles. The summed E-state index contributed by atoms with van der Waals surface area (Å²) in [5.41, 5.74) is 7.68. The van der Waals surface area contributed by atoms with Crippen LogP contribution in [-0.4, -0.2) is 55.9 Å². The maximum atomic E-state index is 13.4. The number of aliphatic hydroxyl groups excluding tert-OH is 1. The van der Waals surface area contributed by atoms with Crippen molar-refractivity contribution in [2.45, 2.75) is 24.8 Å². The van der Waals surface area contributed by atoms with Crippen LogP contribution in [0.5, 0.6) is 11.5 Å². The fourth-order valence-corrected chi connectivity index (χ4v) is 4.10. The number of rotatable bonds is 14. The van der Waals surface area contributed by atoms with Crippen LogP contribution in [0.4, 0.5) is 0 Å². The molecule has 39 heavy (non-hydrogen) atoms. The van der Waals surface area contributed by atoms with Gasteiger partial charge in [0.15, 0.2) is 5.54 Å². The van der Waals surface area contributed by atoms with Crippen molar-refractivity contribution >= 4 is 17.9 Å². The molecular weight excluding hydrogens is 494 g/mol. The van der Waals surface area contributed by atoms with Crippen LogP contribution >= 0.6 is 0 Å². The Bertz CT molecular complexity index is 1260. The minimum atomic E-state index is -1.11. The topological polar surface area (TPSA) is 101 Å². The van der Waals surface area contributed by atoms with E-state index in [0.29, 0.717) is 37.6 Å². The number of hydrazine groups is 1. The summed E-state index contributed by atoms with van der Waals surface area (Å²) in [6.07, 6.45) is 5.60. The molecule has 0 fully saturated rings. The Morgan fingerprint density at radius 1 is 1.08 bits per heavy atom.